The van der Waals surface area contributed by atoms with Crippen LogP contribution >= 0.6 is 0 Å². The summed E-state index contributed by atoms with van der Waals surface area (Å²) in [4.78, 5) is 49.0. The Hall–Kier alpha value is -3.17. The smallest absolute Gasteiger partial charge is 0.331 e. The van der Waals surface area contributed by atoms with Gasteiger partial charge in [-0.05, 0) is 18.9 Å². The quantitative estimate of drug-likeness (QED) is 0.346. The molecule has 26 heavy (non-hydrogen) atoms. The number of hydrogen-bond acceptors (Lipinski definition) is 7. The Morgan fingerprint density at radius 3 is 2.62 bits per heavy atom. The lowest BCUT2D eigenvalue weighted by Crippen LogP contribution is -2.48. The van der Waals surface area contributed by atoms with E-state index in [2.05, 4.69) is 0 Å². The number of likely N-dealkylation sites (tertiary alicyclic amines) is 1. The molecule has 0 atom stereocenters. The standard InChI is InChI=1S/C16H18N4O6/c17-16(23)10-3-5-18(6-4-10)14(21)8-19-9-15(22)26-13-7-11(20(24)25)1-2-12(13)19/h1-2,7,10H,3-6,8-9H2,(H2,17,23). The summed E-state index contributed by atoms with van der Waals surface area (Å²) < 4.78 is 5.06. The first-order valence-electron chi connectivity index (χ1n) is 8.16. The molecule has 1 saturated heterocycles. The highest BCUT2D eigenvalue weighted by Crippen LogP contribution is 2.35. The summed E-state index contributed by atoms with van der Waals surface area (Å²) in [6, 6.07) is 3.93. The molecule has 0 aromatic heterocycles. The topological polar surface area (TPSA) is 136 Å². The number of piperidine rings is 1. The second-order valence-electron chi connectivity index (χ2n) is 6.30. The number of benzene rings is 1. The summed E-state index contributed by atoms with van der Waals surface area (Å²) in [5.41, 5.74) is 5.55. The SMILES string of the molecule is NC(=O)C1CCN(C(=O)CN2CC(=O)Oc3cc([N+](=O)[O-])ccc32)CC1. The molecule has 0 spiro atoms. The maximum Gasteiger partial charge on any atom is 0.331 e. The zero-order valence-electron chi connectivity index (χ0n) is 13.9. The molecule has 2 aliphatic rings. The van der Waals surface area contributed by atoms with Crippen LogP contribution in [-0.2, 0) is 14.4 Å². The van der Waals surface area contributed by atoms with Crippen LogP contribution in [0.3, 0.4) is 0 Å². The van der Waals surface area contributed by atoms with Crippen LogP contribution in [0.1, 0.15) is 12.8 Å². The summed E-state index contributed by atoms with van der Waals surface area (Å²) >= 11 is 0. The van der Waals surface area contributed by atoms with Gasteiger partial charge in [-0.15, -0.1) is 0 Å². The molecular weight excluding hydrogens is 344 g/mol. The predicted octanol–water partition coefficient (Wildman–Crippen LogP) is 0.0441. The second kappa shape index (κ2) is 6.98. The van der Waals surface area contributed by atoms with E-state index in [1.165, 1.54) is 23.1 Å². The third-order valence-corrected chi connectivity index (χ3v) is 4.61. The average molecular weight is 362 g/mol. The number of non-ortho nitro benzene ring substituents is 1. The molecule has 0 unspecified atom stereocenters. The number of nitrogens with zero attached hydrogens (tertiary/aromatic N) is 3. The number of anilines is 1. The molecule has 10 nitrogen and oxygen atoms in total. The number of primary amides is 1. The van der Waals surface area contributed by atoms with Gasteiger partial charge in [-0.3, -0.25) is 19.7 Å². The molecule has 2 heterocycles. The van der Waals surface area contributed by atoms with Crippen LogP contribution in [-0.4, -0.2) is 53.8 Å². The minimum atomic E-state index is -0.585. The molecule has 10 heteroatoms. The summed E-state index contributed by atoms with van der Waals surface area (Å²) in [7, 11) is 0. The molecule has 2 N–H and O–H groups in total. The Labute approximate surface area is 148 Å². The number of hydrogen-bond donors (Lipinski definition) is 1. The van der Waals surface area contributed by atoms with Gasteiger partial charge in [-0.25, -0.2) is 4.79 Å². The fourth-order valence-corrected chi connectivity index (χ4v) is 3.17. The van der Waals surface area contributed by atoms with E-state index >= 15 is 0 Å². The molecule has 1 fully saturated rings. The highest BCUT2D eigenvalue weighted by Gasteiger charge is 2.31. The first kappa shape index (κ1) is 17.6. The van der Waals surface area contributed by atoms with Crippen molar-refractivity contribution >= 4 is 29.2 Å². The van der Waals surface area contributed by atoms with Gasteiger partial charge in [0, 0.05) is 25.1 Å². The van der Waals surface area contributed by atoms with E-state index in [0.29, 0.717) is 31.6 Å². The van der Waals surface area contributed by atoms with Crippen molar-refractivity contribution in [3.05, 3.63) is 28.3 Å². The molecule has 1 aromatic rings. The van der Waals surface area contributed by atoms with Crippen molar-refractivity contribution in [2.24, 2.45) is 11.7 Å². The summed E-state index contributed by atoms with van der Waals surface area (Å²) in [6.45, 7) is 0.686. The van der Waals surface area contributed by atoms with Crippen LogP contribution in [0, 0.1) is 16.0 Å². The van der Waals surface area contributed by atoms with Crippen molar-refractivity contribution < 1.29 is 24.0 Å². The van der Waals surface area contributed by atoms with Crippen molar-refractivity contribution in [1.29, 1.82) is 0 Å². The number of carbonyl (C=O) groups is 3. The van der Waals surface area contributed by atoms with Crippen LogP contribution in [0.4, 0.5) is 11.4 Å². The number of nitrogens with two attached hydrogens (primary N) is 1. The lowest BCUT2D eigenvalue weighted by Gasteiger charge is -2.34. The van der Waals surface area contributed by atoms with Gasteiger partial charge in [0.15, 0.2) is 5.75 Å². The van der Waals surface area contributed by atoms with Crippen molar-refractivity contribution in [3.8, 4) is 5.75 Å². The minimum Gasteiger partial charge on any atom is -0.423 e. The molecule has 2 aliphatic heterocycles. The molecule has 0 bridgehead atoms. The predicted molar refractivity (Wildman–Crippen MR) is 89.4 cm³/mol. The maximum absolute atomic E-state index is 12.5. The van der Waals surface area contributed by atoms with Gasteiger partial charge in [0.1, 0.15) is 6.54 Å². The second-order valence-corrected chi connectivity index (χ2v) is 6.30. The van der Waals surface area contributed by atoms with E-state index in [1.54, 1.807) is 4.90 Å². The van der Waals surface area contributed by atoms with E-state index < -0.39 is 10.9 Å². The first-order chi connectivity index (χ1) is 12.3. The third kappa shape index (κ3) is 3.58. The largest absolute Gasteiger partial charge is 0.423 e. The van der Waals surface area contributed by atoms with Crippen molar-refractivity contribution in [3.63, 3.8) is 0 Å². The van der Waals surface area contributed by atoms with Gasteiger partial charge in [0.05, 0.1) is 23.2 Å². The van der Waals surface area contributed by atoms with Gasteiger partial charge in [-0.1, -0.05) is 0 Å². The highest BCUT2D eigenvalue weighted by atomic mass is 16.6. The Bertz CT molecular complexity index is 772. The third-order valence-electron chi connectivity index (χ3n) is 4.61. The van der Waals surface area contributed by atoms with Gasteiger partial charge in [-0.2, -0.15) is 0 Å². The van der Waals surface area contributed by atoms with Crippen LogP contribution in [0.5, 0.6) is 5.75 Å². The zero-order valence-corrected chi connectivity index (χ0v) is 13.9. The monoisotopic (exact) mass is 362 g/mol. The highest BCUT2D eigenvalue weighted by molar-refractivity contribution is 5.89. The number of fused-ring (bicyclic) bond motifs is 1. The molecule has 138 valence electrons. The number of rotatable bonds is 4. The van der Waals surface area contributed by atoms with Crippen LogP contribution in [0.15, 0.2) is 18.2 Å². The van der Waals surface area contributed by atoms with Crippen LogP contribution in [0.2, 0.25) is 0 Å². The van der Waals surface area contributed by atoms with E-state index in [9.17, 15) is 24.5 Å². The molecular formula is C16H18N4O6. The van der Waals surface area contributed by atoms with Crippen molar-refractivity contribution in [2.45, 2.75) is 12.8 Å². The Morgan fingerprint density at radius 1 is 1.31 bits per heavy atom. The van der Waals surface area contributed by atoms with Crippen LogP contribution < -0.4 is 15.4 Å². The Morgan fingerprint density at radius 2 is 2.00 bits per heavy atom. The van der Waals surface area contributed by atoms with E-state index in [4.69, 9.17) is 10.5 Å². The molecule has 1 aromatic carbocycles. The lowest BCUT2D eigenvalue weighted by atomic mass is 9.96. The minimum absolute atomic E-state index is 0.0544. The summed E-state index contributed by atoms with van der Waals surface area (Å²) in [6.07, 6.45) is 1.04. The van der Waals surface area contributed by atoms with Gasteiger partial charge >= 0.3 is 5.97 Å². The number of nitro groups is 1. The van der Waals surface area contributed by atoms with Crippen molar-refractivity contribution in [2.75, 3.05) is 31.1 Å². The maximum atomic E-state index is 12.5. The average Bonchev–Trinajstić information content (AvgIpc) is 2.61. The summed E-state index contributed by atoms with van der Waals surface area (Å²) in [5, 5.41) is 10.9. The number of ether oxygens (including phenoxy) is 1. The summed E-state index contributed by atoms with van der Waals surface area (Å²) in [5.74, 6) is -1.28. The molecule has 0 aliphatic carbocycles. The number of esters is 1. The molecule has 2 amide bonds. The molecule has 3 rings (SSSR count). The van der Waals surface area contributed by atoms with Gasteiger partial charge in [0.2, 0.25) is 11.8 Å². The Balaban J connectivity index is 1.71. The first-order valence-corrected chi connectivity index (χ1v) is 8.16. The fourth-order valence-electron chi connectivity index (χ4n) is 3.17. The normalized spacial score (nSPS) is 17.5. The van der Waals surface area contributed by atoms with Crippen LogP contribution in [0.25, 0.3) is 0 Å². The van der Waals surface area contributed by atoms with E-state index in [0.717, 1.165) is 0 Å². The van der Waals surface area contributed by atoms with Gasteiger partial charge < -0.3 is 20.3 Å². The lowest BCUT2D eigenvalue weighted by molar-refractivity contribution is -0.384. The van der Waals surface area contributed by atoms with Crippen molar-refractivity contribution in [1.82, 2.24) is 4.90 Å². The van der Waals surface area contributed by atoms with E-state index in [-0.39, 0.29) is 42.3 Å². The van der Waals surface area contributed by atoms with E-state index in [1.807, 2.05) is 0 Å². The molecule has 0 radical (unpaired) electrons. The number of carbonyl (C=O) groups excluding carboxylic acids is 3. The number of nitro benzene ring substituents is 1. The van der Waals surface area contributed by atoms with Gasteiger partial charge in [0.25, 0.3) is 5.69 Å². The zero-order chi connectivity index (χ0) is 18.8. The Kier molecular flexibility index (Phi) is 4.74. The molecule has 0 saturated carbocycles. The number of amides is 2. The fraction of sp³-hybridized carbons (Fsp3) is 0.438.